The van der Waals surface area contributed by atoms with Gasteiger partial charge in [0.15, 0.2) is 0 Å². The van der Waals surface area contributed by atoms with E-state index in [-0.39, 0.29) is 5.82 Å². The molecular weight excluding hydrogens is 241 g/mol. The lowest BCUT2D eigenvalue weighted by molar-refractivity contribution is 0.269. The Kier molecular flexibility index (Phi) is 6.48. The van der Waals surface area contributed by atoms with Crippen LogP contribution in [0.25, 0.3) is 0 Å². The number of hydrogen-bond acceptors (Lipinski definition) is 3. The molecule has 0 heterocycles. The Morgan fingerprint density at radius 2 is 2.11 bits per heavy atom. The molecule has 19 heavy (non-hydrogen) atoms. The van der Waals surface area contributed by atoms with Crippen molar-refractivity contribution >= 4 is 0 Å². The molecule has 4 heteroatoms. The average molecular weight is 263 g/mol. The lowest BCUT2D eigenvalue weighted by Crippen LogP contribution is -2.29. The van der Waals surface area contributed by atoms with Crippen LogP contribution in [0.1, 0.15) is 31.4 Å². The van der Waals surface area contributed by atoms with E-state index >= 15 is 0 Å². The van der Waals surface area contributed by atoms with Gasteiger partial charge in [0.2, 0.25) is 0 Å². The minimum absolute atomic E-state index is 0.351. The Hall–Kier alpha value is -1.44. The molecule has 0 radical (unpaired) electrons. The summed E-state index contributed by atoms with van der Waals surface area (Å²) in [5.74, 6) is -0.351. The van der Waals surface area contributed by atoms with Crippen molar-refractivity contribution in [3.63, 3.8) is 0 Å². The van der Waals surface area contributed by atoms with Gasteiger partial charge in [-0.1, -0.05) is 0 Å². The van der Waals surface area contributed by atoms with Crippen molar-refractivity contribution in [1.82, 2.24) is 10.2 Å². The van der Waals surface area contributed by atoms with Crippen molar-refractivity contribution in [3.05, 3.63) is 35.1 Å². The third-order valence-electron chi connectivity index (χ3n) is 3.16. The van der Waals surface area contributed by atoms with E-state index in [4.69, 9.17) is 5.26 Å². The first-order chi connectivity index (χ1) is 9.02. The summed E-state index contributed by atoms with van der Waals surface area (Å²) < 4.78 is 13.2. The van der Waals surface area contributed by atoms with Crippen molar-refractivity contribution in [2.75, 3.05) is 20.1 Å². The fourth-order valence-corrected chi connectivity index (χ4v) is 1.76. The monoisotopic (exact) mass is 263 g/mol. The predicted molar refractivity (Wildman–Crippen MR) is 75.2 cm³/mol. The first kappa shape index (κ1) is 15.6. The normalized spacial score (nSPS) is 11.0. The Morgan fingerprint density at radius 3 is 2.74 bits per heavy atom. The molecule has 0 unspecified atom stereocenters. The van der Waals surface area contributed by atoms with E-state index in [1.165, 1.54) is 12.1 Å². The molecule has 0 fully saturated rings. The van der Waals surface area contributed by atoms with Crippen molar-refractivity contribution < 1.29 is 4.39 Å². The minimum atomic E-state index is -0.351. The predicted octanol–water partition coefficient (Wildman–Crippen LogP) is 2.52. The van der Waals surface area contributed by atoms with Crippen molar-refractivity contribution in [2.24, 2.45) is 0 Å². The third-order valence-corrected chi connectivity index (χ3v) is 3.16. The highest BCUT2D eigenvalue weighted by molar-refractivity contribution is 5.33. The molecule has 1 N–H and O–H groups in total. The quantitative estimate of drug-likeness (QED) is 0.768. The van der Waals surface area contributed by atoms with Gasteiger partial charge in [-0.3, -0.25) is 0 Å². The summed E-state index contributed by atoms with van der Waals surface area (Å²) in [6.07, 6.45) is 1.05. The van der Waals surface area contributed by atoms with Gasteiger partial charge in [-0.25, -0.2) is 4.39 Å². The SMILES string of the molecule is CC(C)N(C)CCCNCc1cc(F)cc(C#N)c1. The first-order valence-corrected chi connectivity index (χ1v) is 6.63. The van der Waals surface area contributed by atoms with E-state index in [0.29, 0.717) is 18.2 Å². The second-order valence-corrected chi connectivity index (χ2v) is 5.06. The number of nitrogens with one attached hydrogen (secondary N) is 1. The highest BCUT2D eigenvalue weighted by Crippen LogP contribution is 2.08. The van der Waals surface area contributed by atoms with E-state index in [1.807, 2.05) is 6.07 Å². The van der Waals surface area contributed by atoms with Gasteiger partial charge >= 0.3 is 0 Å². The summed E-state index contributed by atoms with van der Waals surface area (Å²) >= 11 is 0. The van der Waals surface area contributed by atoms with Gasteiger partial charge < -0.3 is 10.2 Å². The number of rotatable bonds is 7. The second kappa shape index (κ2) is 7.88. The van der Waals surface area contributed by atoms with Gasteiger partial charge in [-0.15, -0.1) is 0 Å². The standard InChI is InChI=1S/C15H22FN3/c1-12(2)19(3)6-4-5-18-11-14-7-13(10-17)8-15(16)9-14/h7-9,12,18H,4-6,11H2,1-3H3. The van der Waals surface area contributed by atoms with Crippen LogP contribution in [0.15, 0.2) is 18.2 Å². The van der Waals surface area contributed by atoms with E-state index < -0.39 is 0 Å². The van der Waals surface area contributed by atoms with Crippen LogP contribution in [-0.4, -0.2) is 31.1 Å². The first-order valence-electron chi connectivity index (χ1n) is 6.63. The summed E-state index contributed by atoms with van der Waals surface area (Å²) in [6, 6.07) is 6.96. The zero-order valence-corrected chi connectivity index (χ0v) is 11.9. The summed E-state index contributed by atoms with van der Waals surface area (Å²) in [7, 11) is 2.11. The van der Waals surface area contributed by atoms with E-state index in [0.717, 1.165) is 25.1 Å². The summed E-state index contributed by atoms with van der Waals surface area (Å²) in [5, 5.41) is 12.0. The van der Waals surface area contributed by atoms with Crippen LogP contribution in [0.4, 0.5) is 4.39 Å². The van der Waals surface area contributed by atoms with Crippen molar-refractivity contribution in [2.45, 2.75) is 32.9 Å². The fraction of sp³-hybridized carbons (Fsp3) is 0.533. The minimum Gasteiger partial charge on any atom is -0.313 e. The van der Waals surface area contributed by atoms with E-state index in [9.17, 15) is 4.39 Å². The molecule has 0 amide bonds. The maximum atomic E-state index is 13.2. The number of nitriles is 1. The van der Waals surface area contributed by atoms with Gasteiger partial charge in [0.1, 0.15) is 5.82 Å². The number of benzene rings is 1. The van der Waals surface area contributed by atoms with Crippen LogP contribution in [0.2, 0.25) is 0 Å². The van der Waals surface area contributed by atoms with Crippen LogP contribution in [0.3, 0.4) is 0 Å². The molecule has 0 bridgehead atoms. The Balaban J connectivity index is 2.30. The van der Waals surface area contributed by atoms with Gasteiger partial charge in [0.05, 0.1) is 11.6 Å². The number of halogens is 1. The van der Waals surface area contributed by atoms with E-state index in [1.54, 1.807) is 6.07 Å². The fourth-order valence-electron chi connectivity index (χ4n) is 1.76. The summed E-state index contributed by atoms with van der Waals surface area (Å²) in [6.45, 7) is 6.86. The van der Waals surface area contributed by atoms with Gasteiger partial charge in [-0.2, -0.15) is 5.26 Å². The molecule has 3 nitrogen and oxygen atoms in total. The highest BCUT2D eigenvalue weighted by Gasteiger charge is 2.03. The second-order valence-electron chi connectivity index (χ2n) is 5.06. The molecule has 0 aliphatic carbocycles. The molecule has 0 saturated heterocycles. The van der Waals surface area contributed by atoms with Gasteiger partial charge in [0, 0.05) is 12.6 Å². The van der Waals surface area contributed by atoms with Crippen LogP contribution in [0, 0.1) is 17.1 Å². The Bertz CT molecular complexity index is 438. The maximum Gasteiger partial charge on any atom is 0.124 e. The highest BCUT2D eigenvalue weighted by atomic mass is 19.1. The zero-order valence-electron chi connectivity index (χ0n) is 11.9. The molecule has 104 valence electrons. The molecule has 1 aromatic rings. The van der Waals surface area contributed by atoms with Crippen LogP contribution in [-0.2, 0) is 6.54 Å². The Labute approximate surface area is 115 Å². The molecular formula is C15H22FN3. The number of nitrogens with zero attached hydrogens (tertiary/aromatic N) is 2. The molecule has 0 saturated carbocycles. The Morgan fingerprint density at radius 1 is 1.37 bits per heavy atom. The molecule has 1 aromatic carbocycles. The molecule has 0 aromatic heterocycles. The van der Waals surface area contributed by atoms with Gasteiger partial charge in [-0.05, 0) is 64.2 Å². The third kappa shape index (κ3) is 5.82. The van der Waals surface area contributed by atoms with E-state index in [2.05, 4.69) is 31.1 Å². The lowest BCUT2D eigenvalue weighted by Gasteiger charge is -2.20. The lowest BCUT2D eigenvalue weighted by atomic mass is 10.1. The van der Waals surface area contributed by atoms with Crippen LogP contribution < -0.4 is 5.32 Å². The largest absolute Gasteiger partial charge is 0.313 e. The summed E-state index contributed by atoms with van der Waals surface area (Å²) in [4.78, 5) is 2.29. The van der Waals surface area contributed by atoms with Crippen molar-refractivity contribution in [3.8, 4) is 6.07 Å². The van der Waals surface area contributed by atoms with Crippen LogP contribution >= 0.6 is 0 Å². The zero-order chi connectivity index (χ0) is 14.3. The van der Waals surface area contributed by atoms with Gasteiger partial charge in [0.25, 0.3) is 0 Å². The molecule has 0 aliphatic heterocycles. The topological polar surface area (TPSA) is 39.1 Å². The smallest absolute Gasteiger partial charge is 0.124 e. The average Bonchev–Trinajstić information content (AvgIpc) is 2.37. The number of hydrogen-bond donors (Lipinski definition) is 1. The summed E-state index contributed by atoms with van der Waals surface area (Å²) in [5.41, 5.74) is 1.19. The molecule has 0 atom stereocenters. The van der Waals surface area contributed by atoms with Crippen molar-refractivity contribution in [1.29, 1.82) is 5.26 Å². The maximum absolute atomic E-state index is 13.2. The molecule has 1 rings (SSSR count). The molecule has 0 spiro atoms. The van der Waals surface area contributed by atoms with Crippen LogP contribution in [0.5, 0.6) is 0 Å². The molecule has 0 aliphatic rings.